The Morgan fingerprint density at radius 3 is 2.52 bits per heavy atom. The van der Waals surface area contributed by atoms with Gasteiger partial charge in [-0.15, -0.1) is 0 Å². The lowest BCUT2D eigenvalue weighted by Crippen LogP contribution is -2.30. The van der Waals surface area contributed by atoms with E-state index in [4.69, 9.17) is 11.6 Å². The number of anilines is 1. The Kier molecular flexibility index (Phi) is 5.79. The molecule has 110 valence electrons. The van der Waals surface area contributed by atoms with Gasteiger partial charge in [0.2, 0.25) is 5.91 Å². The van der Waals surface area contributed by atoms with E-state index in [1.54, 1.807) is 0 Å². The van der Waals surface area contributed by atoms with Crippen LogP contribution in [0.4, 0.5) is 5.69 Å². The molecule has 2 N–H and O–H groups in total. The van der Waals surface area contributed by atoms with Crippen LogP contribution in [0.3, 0.4) is 0 Å². The number of halogens is 2. The molecule has 5 heteroatoms. The summed E-state index contributed by atoms with van der Waals surface area (Å²) < 4.78 is 0.978. The Hall–Kier alpha value is -1.36. The SMILES string of the molecule is C[C@@H](NCC(=O)Nc1ccc(Br)cc1)c1ccccc1Cl. The summed E-state index contributed by atoms with van der Waals surface area (Å²) in [5.74, 6) is -0.0868. The number of hydrogen-bond acceptors (Lipinski definition) is 2. The maximum absolute atomic E-state index is 11.9. The molecule has 0 aliphatic carbocycles. The predicted octanol–water partition coefficient (Wildman–Crippen LogP) is 4.39. The van der Waals surface area contributed by atoms with Crippen LogP contribution in [0.1, 0.15) is 18.5 Å². The van der Waals surface area contributed by atoms with E-state index >= 15 is 0 Å². The molecule has 0 saturated heterocycles. The van der Waals surface area contributed by atoms with Gasteiger partial charge in [-0.3, -0.25) is 4.79 Å². The molecule has 2 rings (SSSR count). The molecule has 0 spiro atoms. The second-order valence-electron chi connectivity index (χ2n) is 4.68. The van der Waals surface area contributed by atoms with E-state index in [0.717, 1.165) is 15.7 Å². The van der Waals surface area contributed by atoms with Crippen LogP contribution in [-0.4, -0.2) is 12.5 Å². The van der Waals surface area contributed by atoms with Gasteiger partial charge in [0, 0.05) is 21.2 Å². The molecule has 0 aliphatic heterocycles. The Bertz CT molecular complexity index is 616. The first-order valence-corrected chi connectivity index (χ1v) is 7.76. The van der Waals surface area contributed by atoms with Gasteiger partial charge in [0.1, 0.15) is 0 Å². The monoisotopic (exact) mass is 366 g/mol. The highest BCUT2D eigenvalue weighted by molar-refractivity contribution is 9.10. The van der Waals surface area contributed by atoms with Crippen molar-refractivity contribution in [3.05, 3.63) is 63.6 Å². The van der Waals surface area contributed by atoms with E-state index < -0.39 is 0 Å². The maximum Gasteiger partial charge on any atom is 0.238 e. The summed E-state index contributed by atoms with van der Waals surface area (Å²) in [6, 6.07) is 15.1. The lowest BCUT2D eigenvalue weighted by Gasteiger charge is -2.15. The number of carbonyl (C=O) groups excluding carboxylic acids is 1. The number of amides is 1. The van der Waals surface area contributed by atoms with Crippen LogP contribution in [0.5, 0.6) is 0 Å². The van der Waals surface area contributed by atoms with Crippen LogP contribution in [0.15, 0.2) is 53.0 Å². The number of benzene rings is 2. The first-order chi connectivity index (χ1) is 10.1. The van der Waals surface area contributed by atoms with Gasteiger partial charge < -0.3 is 10.6 Å². The third-order valence-electron chi connectivity index (χ3n) is 3.07. The first kappa shape index (κ1) is 16.0. The largest absolute Gasteiger partial charge is 0.325 e. The van der Waals surface area contributed by atoms with E-state index in [9.17, 15) is 4.79 Å². The summed E-state index contributed by atoms with van der Waals surface area (Å²) in [6.07, 6.45) is 0. The van der Waals surface area contributed by atoms with Crippen molar-refractivity contribution in [3.8, 4) is 0 Å². The van der Waals surface area contributed by atoms with Crippen LogP contribution in [-0.2, 0) is 4.79 Å². The standard InChI is InChI=1S/C16H16BrClN2O/c1-11(14-4-2-3-5-15(14)18)19-10-16(21)20-13-8-6-12(17)7-9-13/h2-9,11,19H,10H2,1H3,(H,20,21)/t11-/m1/s1. The molecule has 0 saturated carbocycles. The van der Waals surface area contributed by atoms with Gasteiger partial charge in [-0.1, -0.05) is 45.7 Å². The Morgan fingerprint density at radius 1 is 1.19 bits per heavy atom. The quantitative estimate of drug-likeness (QED) is 0.823. The molecule has 1 atom stereocenters. The molecule has 0 unspecified atom stereocenters. The van der Waals surface area contributed by atoms with Crippen molar-refractivity contribution >= 4 is 39.1 Å². The summed E-state index contributed by atoms with van der Waals surface area (Å²) in [4.78, 5) is 11.9. The van der Waals surface area contributed by atoms with E-state index in [0.29, 0.717) is 5.02 Å². The molecule has 3 nitrogen and oxygen atoms in total. The highest BCUT2D eigenvalue weighted by Gasteiger charge is 2.10. The maximum atomic E-state index is 11.9. The molecular formula is C16H16BrClN2O. The third kappa shape index (κ3) is 4.84. The zero-order valence-electron chi connectivity index (χ0n) is 11.6. The summed E-state index contributed by atoms with van der Waals surface area (Å²) in [5.41, 5.74) is 1.76. The predicted molar refractivity (Wildman–Crippen MR) is 90.6 cm³/mol. The van der Waals surface area contributed by atoms with E-state index in [-0.39, 0.29) is 18.5 Å². The smallest absolute Gasteiger partial charge is 0.238 e. The minimum atomic E-state index is -0.0868. The van der Waals surface area contributed by atoms with Crippen LogP contribution < -0.4 is 10.6 Å². The lowest BCUT2D eigenvalue weighted by molar-refractivity contribution is -0.115. The van der Waals surface area contributed by atoms with Crippen molar-refractivity contribution in [3.63, 3.8) is 0 Å². The van der Waals surface area contributed by atoms with Crippen LogP contribution >= 0.6 is 27.5 Å². The van der Waals surface area contributed by atoms with Gasteiger partial charge in [-0.2, -0.15) is 0 Å². The number of carbonyl (C=O) groups is 1. The lowest BCUT2D eigenvalue weighted by atomic mass is 10.1. The molecule has 0 aromatic heterocycles. The molecule has 0 bridgehead atoms. The minimum absolute atomic E-state index is 0.00867. The average molecular weight is 368 g/mol. The molecule has 0 aliphatic rings. The van der Waals surface area contributed by atoms with Gasteiger partial charge in [0.15, 0.2) is 0 Å². The Labute approximate surface area is 137 Å². The van der Waals surface area contributed by atoms with Gasteiger partial charge >= 0.3 is 0 Å². The summed E-state index contributed by atoms with van der Waals surface area (Å²) >= 11 is 9.49. The molecule has 0 heterocycles. The van der Waals surface area contributed by atoms with Crippen molar-refractivity contribution in [1.82, 2.24) is 5.32 Å². The van der Waals surface area contributed by atoms with Crippen molar-refractivity contribution in [1.29, 1.82) is 0 Å². The van der Waals surface area contributed by atoms with Crippen LogP contribution in [0.25, 0.3) is 0 Å². The molecule has 0 radical (unpaired) electrons. The van der Waals surface area contributed by atoms with Gasteiger partial charge in [-0.05, 0) is 42.8 Å². The van der Waals surface area contributed by atoms with Crippen molar-refractivity contribution < 1.29 is 4.79 Å². The highest BCUT2D eigenvalue weighted by atomic mass is 79.9. The third-order valence-corrected chi connectivity index (χ3v) is 3.94. The fourth-order valence-corrected chi connectivity index (χ4v) is 2.48. The molecular weight excluding hydrogens is 352 g/mol. The number of rotatable bonds is 5. The molecule has 2 aromatic rings. The van der Waals surface area contributed by atoms with E-state index in [1.807, 2.05) is 55.5 Å². The van der Waals surface area contributed by atoms with Crippen molar-refractivity contribution in [2.45, 2.75) is 13.0 Å². The fourth-order valence-electron chi connectivity index (χ4n) is 1.92. The van der Waals surface area contributed by atoms with Gasteiger partial charge in [-0.25, -0.2) is 0 Å². The molecule has 2 aromatic carbocycles. The van der Waals surface area contributed by atoms with Crippen LogP contribution in [0, 0.1) is 0 Å². The Balaban J connectivity index is 1.86. The van der Waals surface area contributed by atoms with Gasteiger partial charge in [0.25, 0.3) is 0 Å². The minimum Gasteiger partial charge on any atom is -0.325 e. The van der Waals surface area contributed by atoms with E-state index in [2.05, 4.69) is 26.6 Å². The van der Waals surface area contributed by atoms with Crippen molar-refractivity contribution in [2.24, 2.45) is 0 Å². The van der Waals surface area contributed by atoms with Gasteiger partial charge in [0.05, 0.1) is 6.54 Å². The zero-order valence-corrected chi connectivity index (χ0v) is 13.9. The van der Waals surface area contributed by atoms with Crippen LogP contribution in [0.2, 0.25) is 5.02 Å². The number of hydrogen-bond donors (Lipinski definition) is 2. The zero-order chi connectivity index (χ0) is 15.2. The second kappa shape index (κ2) is 7.59. The molecule has 0 fully saturated rings. The Morgan fingerprint density at radius 2 is 1.86 bits per heavy atom. The fraction of sp³-hybridized carbons (Fsp3) is 0.188. The molecule has 21 heavy (non-hydrogen) atoms. The second-order valence-corrected chi connectivity index (χ2v) is 6.00. The molecule has 1 amide bonds. The average Bonchev–Trinajstić information content (AvgIpc) is 2.48. The van der Waals surface area contributed by atoms with Crippen molar-refractivity contribution in [2.75, 3.05) is 11.9 Å². The normalized spacial score (nSPS) is 12.0. The first-order valence-electron chi connectivity index (χ1n) is 6.59. The number of nitrogens with one attached hydrogen (secondary N) is 2. The highest BCUT2D eigenvalue weighted by Crippen LogP contribution is 2.21. The summed E-state index contributed by atoms with van der Waals surface area (Å²) in [5, 5.41) is 6.70. The summed E-state index contributed by atoms with van der Waals surface area (Å²) in [6.45, 7) is 2.20. The van der Waals surface area contributed by atoms with E-state index in [1.165, 1.54) is 0 Å². The summed E-state index contributed by atoms with van der Waals surface area (Å²) in [7, 11) is 0. The topological polar surface area (TPSA) is 41.1 Å².